The van der Waals surface area contributed by atoms with Crippen LogP contribution in [0.2, 0.25) is 0 Å². The van der Waals surface area contributed by atoms with Crippen LogP contribution in [0.25, 0.3) is 0 Å². The quantitative estimate of drug-likeness (QED) is 0.500. The Morgan fingerprint density at radius 2 is 1.42 bits per heavy atom. The third-order valence-corrected chi connectivity index (χ3v) is 3.49. The predicted octanol–water partition coefficient (Wildman–Crippen LogP) is 3.85. The smallest absolute Gasteiger partial charge is 0.192 e. The number of rotatable bonds is 9. The largest absolute Gasteiger partial charge is 0.392 e. The van der Waals surface area contributed by atoms with Crippen molar-refractivity contribution in [2.24, 2.45) is 0 Å². The average Bonchev–Trinajstić information content (AvgIpc) is 2.36. The highest BCUT2D eigenvalue weighted by Gasteiger charge is 1.94. The molecule has 0 saturated heterocycles. The van der Waals surface area contributed by atoms with Crippen molar-refractivity contribution in [2.45, 2.75) is 46.5 Å². The van der Waals surface area contributed by atoms with Crippen LogP contribution in [-0.2, 0) is 4.57 Å². The summed E-state index contributed by atoms with van der Waals surface area (Å²) in [5.74, 6) is 0. The van der Waals surface area contributed by atoms with E-state index in [1.54, 1.807) is 0 Å². The summed E-state index contributed by atoms with van der Waals surface area (Å²) in [6, 6.07) is 0. The minimum Gasteiger partial charge on any atom is -0.392 e. The highest BCUT2D eigenvalue weighted by molar-refractivity contribution is 7.38. The van der Waals surface area contributed by atoms with Gasteiger partial charge in [0.05, 0.1) is 6.61 Å². The van der Waals surface area contributed by atoms with E-state index >= 15 is 0 Å². The summed E-state index contributed by atoms with van der Waals surface area (Å²) in [6.07, 6.45) is 10.4. The molecule has 0 aliphatic carbocycles. The van der Waals surface area contributed by atoms with Crippen molar-refractivity contribution in [1.82, 2.24) is 0 Å². The van der Waals surface area contributed by atoms with Gasteiger partial charge in [0.15, 0.2) is 8.03 Å². The van der Waals surface area contributed by atoms with Crippen LogP contribution < -0.4 is 0 Å². The van der Waals surface area contributed by atoms with E-state index in [4.69, 9.17) is 10.00 Å². The maximum atomic E-state index is 10.6. The molecule has 0 aliphatic rings. The number of hydrogen-bond acceptors (Lipinski definition) is 2. The normalized spacial score (nSPS) is 15.7. The van der Waals surface area contributed by atoms with Gasteiger partial charge in [0.1, 0.15) is 0 Å². The van der Waals surface area contributed by atoms with Gasteiger partial charge in [-0.2, -0.15) is 0 Å². The van der Waals surface area contributed by atoms with Crippen molar-refractivity contribution < 1.29 is 14.6 Å². The van der Waals surface area contributed by atoms with Crippen molar-refractivity contribution in [3.8, 4) is 0 Å². The molecule has 0 fully saturated rings. The fraction of sp³-hybridized carbons (Fsp3) is 0.600. The van der Waals surface area contributed by atoms with E-state index in [0.717, 1.165) is 31.3 Å². The third kappa shape index (κ3) is 12.2. The van der Waals surface area contributed by atoms with Crippen molar-refractivity contribution in [3.63, 3.8) is 0 Å². The van der Waals surface area contributed by atoms with Gasteiger partial charge >= 0.3 is 0 Å². The van der Waals surface area contributed by atoms with Crippen molar-refractivity contribution in [1.29, 1.82) is 0 Å². The molecule has 0 bridgehead atoms. The van der Waals surface area contributed by atoms with E-state index in [0.29, 0.717) is 6.16 Å². The summed E-state index contributed by atoms with van der Waals surface area (Å²) in [7, 11) is -2.36. The van der Waals surface area contributed by atoms with Gasteiger partial charge in [0, 0.05) is 6.16 Å². The SMILES string of the molecule is CC(=CCCC(C)=CCCC(C)=CC[PH](=O)O)CO. The monoisotopic (exact) mass is 286 g/mol. The summed E-state index contributed by atoms with van der Waals surface area (Å²) >= 11 is 0. The zero-order chi connectivity index (χ0) is 14.7. The number of aliphatic hydroxyl groups excluding tert-OH is 1. The van der Waals surface area contributed by atoms with Gasteiger partial charge in [0.2, 0.25) is 0 Å². The van der Waals surface area contributed by atoms with Crippen LogP contribution in [0.1, 0.15) is 46.5 Å². The Labute approximate surface area is 117 Å². The molecule has 2 N–H and O–H groups in total. The Morgan fingerprint density at radius 1 is 0.947 bits per heavy atom. The fourth-order valence-corrected chi connectivity index (χ4v) is 2.15. The minimum atomic E-state index is -2.36. The van der Waals surface area contributed by atoms with Gasteiger partial charge in [-0.1, -0.05) is 34.9 Å². The van der Waals surface area contributed by atoms with Gasteiger partial charge in [-0.15, -0.1) is 0 Å². The molecule has 0 heterocycles. The third-order valence-electron chi connectivity index (χ3n) is 2.94. The zero-order valence-corrected chi connectivity index (χ0v) is 13.3. The van der Waals surface area contributed by atoms with E-state index in [1.807, 2.05) is 19.9 Å². The van der Waals surface area contributed by atoms with Crippen LogP contribution in [0.15, 0.2) is 34.9 Å². The molecule has 0 aliphatic heterocycles. The summed E-state index contributed by atoms with van der Waals surface area (Å²) in [4.78, 5) is 8.74. The first kappa shape index (κ1) is 18.4. The van der Waals surface area contributed by atoms with Gasteiger partial charge in [-0.05, 0) is 46.5 Å². The van der Waals surface area contributed by atoms with Crippen LogP contribution in [0.4, 0.5) is 0 Å². The maximum absolute atomic E-state index is 10.6. The minimum absolute atomic E-state index is 0.140. The second-order valence-corrected chi connectivity index (χ2v) is 6.18. The number of allylic oxidation sites excluding steroid dienone is 5. The Balaban J connectivity index is 3.93. The molecular formula is C15H27O3P. The van der Waals surface area contributed by atoms with Gasteiger partial charge < -0.3 is 10.00 Å². The first-order chi connectivity index (χ1) is 8.95. The van der Waals surface area contributed by atoms with Crippen molar-refractivity contribution in [2.75, 3.05) is 12.8 Å². The Bertz CT molecular complexity index is 368. The van der Waals surface area contributed by atoms with Crippen molar-refractivity contribution >= 4 is 8.03 Å². The second kappa shape index (κ2) is 11.2. The van der Waals surface area contributed by atoms with Gasteiger partial charge in [-0.25, -0.2) is 0 Å². The highest BCUT2D eigenvalue weighted by Crippen LogP contribution is 2.16. The van der Waals surface area contributed by atoms with E-state index < -0.39 is 8.03 Å². The standard InChI is InChI=1S/C15H27O3P/c1-13(7-5-9-15(3)12-16)6-4-8-14(2)10-11-19(17)18/h6,9-10,16,19H,4-5,7-8,11-12H2,1-3H3,(H,17,18). The zero-order valence-electron chi connectivity index (χ0n) is 12.3. The molecule has 0 aromatic carbocycles. The lowest BCUT2D eigenvalue weighted by Gasteiger charge is -2.01. The fourth-order valence-electron chi connectivity index (χ4n) is 1.62. The Kier molecular flexibility index (Phi) is 10.8. The maximum Gasteiger partial charge on any atom is 0.192 e. The number of aliphatic hydroxyl groups is 1. The first-order valence-corrected chi connectivity index (χ1v) is 8.31. The molecule has 0 aromatic rings. The Morgan fingerprint density at radius 3 is 1.89 bits per heavy atom. The van der Waals surface area contributed by atoms with E-state index in [9.17, 15) is 4.57 Å². The lowest BCUT2D eigenvalue weighted by Crippen LogP contribution is -1.85. The van der Waals surface area contributed by atoms with Crippen LogP contribution in [0, 0.1) is 0 Å². The summed E-state index contributed by atoms with van der Waals surface area (Å²) in [5.41, 5.74) is 3.55. The molecule has 4 heteroatoms. The lowest BCUT2D eigenvalue weighted by molar-refractivity contribution is 0.331. The first-order valence-electron chi connectivity index (χ1n) is 6.75. The van der Waals surface area contributed by atoms with Gasteiger partial charge in [-0.3, -0.25) is 4.57 Å². The molecule has 0 aromatic heterocycles. The molecule has 0 spiro atoms. The molecule has 0 radical (unpaired) electrons. The summed E-state index contributed by atoms with van der Waals surface area (Å²) in [6.45, 7) is 6.19. The summed E-state index contributed by atoms with van der Waals surface area (Å²) < 4.78 is 10.6. The van der Waals surface area contributed by atoms with Crippen LogP contribution >= 0.6 is 8.03 Å². The lowest BCUT2D eigenvalue weighted by atomic mass is 10.1. The van der Waals surface area contributed by atoms with E-state index in [1.165, 1.54) is 11.1 Å². The molecule has 0 saturated carbocycles. The highest BCUT2D eigenvalue weighted by atomic mass is 31.1. The molecule has 19 heavy (non-hydrogen) atoms. The topological polar surface area (TPSA) is 57.5 Å². The molecule has 1 unspecified atom stereocenters. The van der Waals surface area contributed by atoms with Crippen LogP contribution in [0.5, 0.6) is 0 Å². The van der Waals surface area contributed by atoms with Crippen LogP contribution in [0.3, 0.4) is 0 Å². The van der Waals surface area contributed by atoms with Crippen LogP contribution in [-0.4, -0.2) is 22.8 Å². The molecule has 0 rings (SSSR count). The molecule has 3 nitrogen and oxygen atoms in total. The molecule has 110 valence electrons. The summed E-state index contributed by atoms with van der Waals surface area (Å²) in [5, 5.41) is 8.86. The Hall–Kier alpha value is -0.630. The number of hydrogen-bond donors (Lipinski definition) is 2. The van der Waals surface area contributed by atoms with Gasteiger partial charge in [0.25, 0.3) is 0 Å². The molecular weight excluding hydrogens is 259 g/mol. The predicted molar refractivity (Wildman–Crippen MR) is 82.9 cm³/mol. The van der Waals surface area contributed by atoms with E-state index in [-0.39, 0.29) is 6.61 Å². The second-order valence-electron chi connectivity index (χ2n) is 4.98. The molecule has 0 amide bonds. The molecule has 1 atom stereocenters. The van der Waals surface area contributed by atoms with Crippen molar-refractivity contribution in [3.05, 3.63) is 34.9 Å². The van der Waals surface area contributed by atoms with E-state index in [2.05, 4.69) is 19.1 Å². The average molecular weight is 286 g/mol.